The van der Waals surface area contributed by atoms with Crippen LogP contribution in [-0.4, -0.2) is 19.1 Å². The minimum absolute atomic E-state index is 0.222. The van der Waals surface area contributed by atoms with Crippen molar-refractivity contribution in [1.29, 1.82) is 0 Å². The van der Waals surface area contributed by atoms with E-state index in [9.17, 15) is 18.0 Å². The third-order valence-corrected chi connectivity index (χ3v) is 2.49. The summed E-state index contributed by atoms with van der Waals surface area (Å²) in [5.41, 5.74) is -0.396. The molecule has 6 heteroatoms. The molecule has 1 atom stereocenters. The average molecular weight is 275 g/mol. The number of rotatable bonds is 5. The Morgan fingerprint density at radius 1 is 1.42 bits per heavy atom. The van der Waals surface area contributed by atoms with Crippen LogP contribution >= 0.6 is 0 Å². The van der Waals surface area contributed by atoms with Crippen molar-refractivity contribution in [3.8, 4) is 0 Å². The Balaban J connectivity index is 2.61. The van der Waals surface area contributed by atoms with Gasteiger partial charge in [-0.2, -0.15) is 13.2 Å². The molecular weight excluding hydrogens is 259 g/mol. The number of esters is 1. The number of hydrogen-bond donors (Lipinski definition) is 1. The zero-order chi connectivity index (χ0) is 14.5. The van der Waals surface area contributed by atoms with Crippen molar-refractivity contribution in [2.75, 3.05) is 18.5 Å². The fraction of sp³-hybridized carbons (Fsp3) is 0.462. The van der Waals surface area contributed by atoms with Crippen LogP contribution in [0.25, 0.3) is 0 Å². The van der Waals surface area contributed by atoms with Crippen LogP contribution in [0.15, 0.2) is 24.3 Å². The van der Waals surface area contributed by atoms with E-state index in [0.29, 0.717) is 5.69 Å². The normalized spacial score (nSPS) is 12.9. The molecule has 1 aromatic rings. The van der Waals surface area contributed by atoms with Gasteiger partial charge in [0.25, 0.3) is 0 Å². The molecule has 3 nitrogen and oxygen atoms in total. The molecule has 0 aliphatic heterocycles. The lowest BCUT2D eigenvalue weighted by Gasteiger charge is -2.14. The first kappa shape index (κ1) is 15.3. The van der Waals surface area contributed by atoms with Crippen molar-refractivity contribution in [2.24, 2.45) is 5.92 Å². The van der Waals surface area contributed by atoms with Gasteiger partial charge < -0.3 is 10.1 Å². The van der Waals surface area contributed by atoms with Gasteiger partial charge in [0.2, 0.25) is 0 Å². The van der Waals surface area contributed by atoms with Gasteiger partial charge in [0.15, 0.2) is 0 Å². The Morgan fingerprint density at radius 3 is 2.68 bits per heavy atom. The Kier molecular flexibility index (Phi) is 5.20. The topological polar surface area (TPSA) is 38.3 Å². The Morgan fingerprint density at radius 2 is 2.11 bits per heavy atom. The highest BCUT2D eigenvalue weighted by molar-refractivity contribution is 5.72. The Labute approximate surface area is 109 Å². The molecular formula is C13H16F3NO2. The van der Waals surface area contributed by atoms with Crippen LogP contribution in [0.4, 0.5) is 18.9 Å². The van der Waals surface area contributed by atoms with Crippen LogP contribution in [0, 0.1) is 5.92 Å². The molecule has 0 radical (unpaired) electrons. The first-order valence-corrected chi connectivity index (χ1v) is 5.92. The van der Waals surface area contributed by atoms with Gasteiger partial charge in [0.05, 0.1) is 18.1 Å². The lowest BCUT2D eigenvalue weighted by Crippen LogP contribution is -2.22. The first-order chi connectivity index (χ1) is 8.84. The first-order valence-electron chi connectivity index (χ1n) is 5.92. The zero-order valence-corrected chi connectivity index (χ0v) is 10.8. The lowest BCUT2D eigenvalue weighted by molar-refractivity contribution is -0.146. The average Bonchev–Trinajstić information content (AvgIpc) is 2.35. The second-order valence-electron chi connectivity index (χ2n) is 4.11. The van der Waals surface area contributed by atoms with Crippen LogP contribution in [0.3, 0.4) is 0 Å². The maximum atomic E-state index is 12.5. The standard InChI is InChI=1S/C13H16F3NO2/c1-3-19-12(18)9(2)8-17-11-6-4-5-10(7-11)13(14,15)16/h4-7,9,17H,3,8H2,1-2H3. The molecule has 0 spiro atoms. The van der Waals surface area contributed by atoms with E-state index in [4.69, 9.17) is 4.74 Å². The highest BCUT2D eigenvalue weighted by Gasteiger charge is 2.30. The molecule has 0 saturated carbocycles. The molecule has 0 aliphatic rings. The minimum atomic E-state index is -4.37. The van der Waals surface area contributed by atoms with E-state index in [2.05, 4.69) is 5.32 Å². The van der Waals surface area contributed by atoms with Crippen LogP contribution in [-0.2, 0) is 15.7 Å². The SMILES string of the molecule is CCOC(=O)C(C)CNc1cccc(C(F)(F)F)c1. The van der Waals surface area contributed by atoms with E-state index in [1.807, 2.05) is 0 Å². The quantitative estimate of drug-likeness (QED) is 0.838. The summed E-state index contributed by atoms with van der Waals surface area (Å²) in [5, 5.41) is 2.80. The van der Waals surface area contributed by atoms with Crippen molar-refractivity contribution < 1.29 is 22.7 Å². The number of carbonyl (C=O) groups is 1. The van der Waals surface area contributed by atoms with Gasteiger partial charge in [-0.25, -0.2) is 0 Å². The van der Waals surface area contributed by atoms with Gasteiger partial charge in [0.1, 0.15) is 0 Å². The molecule has 1 aromatic carbocycles. The number of anilines is 1. The summed E-state index contributed by atoms with van der Waals surface area (Å²) >= 11 is 0. The summed E-state index contributed by atoms with van der Waals surface area (Å²) in [6, 6.07) is 4.85. The van der Waals surface area contributed by atoms with E-state index in [0.717, 1.165) is 12.1 Å². The molecule has 0 heterocycles. The van der Waals surface area contributed by atoms with E-state index in [-0.39, 0.29) is 19.1 Å². The maximum absolute atomic E-state index is 12.5. The van der Waals surface area contributed by atoms with Crippen LogP contribution in [0.5, 0.6) is 0 Å². The van der Waals surface area contributed by atoms with Crippen molar-refractivity contribution in [3.05, 3.63) is 29.8 Å². The fourth-order valence-electron chi connectivity index (χ4n) is 1.44. The summed E-state index contributed by atoms with van der Waals surface area (Å²) in [5.74, 6) is -0.795. The molecule has 106 valence electrons. The predicted octanol–water partition coefficient (Wildman–Crippen LogP) is 3.32. The van der Waals surface area contributed by atoms with Crippen LogP contribution in [0.2, 0.25) is 0 Å². The van der Waals surface area contributed by atoms with Crippen LogP contribution < -0.4 is 5.32 Å². The summed E-state index contributed by atoms with van der Waals surface area (Å²) in [6.45, 7) is 3.86. The molecule has 1 N–H and O–H groups in total. The highest BCUT2D eigenvalue weighted by Crippen LogP contribution is 2.30. The molecule has 0 fully saturated rings. The van der Waals surface area contributed by atoms with Crippen molar-refractivity contribution >= 4 is 11.7 Å². The lowest BCUT2D eigenvalue weighted by atomic mass is 10.1. The number of ether oxygens (including phenoxy) is 1. The molecule has 1 unspecified atom stereocenters. The van der Waals surface area contributed by atoms with Gasteiger partial charge >= 0.3 is 12.1 Å². The summed E-state index contributed by atoms with van der Waals surface area (Å²) in [4.78, 5) is 11.3. The summed E-state index contributed by atoms with van der Waals surface area (Å²) < 4.78 is 42.3. The molecule has 0 saturated heterocycles. The number of carbonyl (C=O) groups excluding carboxylic acids is 1. The molecule has 1 rings (SSSR count). The zero-order valence-electron chi connectivity index (χ0n) is 10.8. The van der Waals surface area contributed by atoms with E-state index in [1.165, 1.54) is 12.1 Å². The second-order valence-corrected chi connectivity index (χ2v) is 4.11. The Hall–Kier alpha value is -1.72. The molecule has 19 heavy (non-hydrogen) atoms. The fourth-order valence-corrected chi connectivity index (χ4v) is 1.44. The van der Waals surface area contributed by atoms with Gasteiger partial charge in [-0.1, -0.05) is 13.0 Å². The third kappa shape index (κ3) is 4.81. The minimum Gasteiger partial charge on any atom is -0.466 e. The van der Waals surface area contributed by atoms with Gasteiger partial charge in [-0.3, -0.25) is 4.79 Å². The number of alkyl halides is 3. The number of halogens is 3. The van der Waals surface area contributed by atoms with Crippen molar-refractivity contribution in [3.63, 3.8) is 0 Å². The number of hydrogen-bond acceptors (Lipinski definition) is 3. The van der Waals surface area contributed by atoms with E-state index >= 15 is 0 Å². The monoisotopic (exact) mass is 275 g/mol. The molecule has 0 aliphatic carbocycles. The van der Waals surface area contributed by atoms with Crippen molar-refractivity contribution in [2.45, 2.75) is 20.0 Å². The predicted molar refractivity (Wildman–Crippen MR) is 65.7 cm³/mol. The highest BCUT2D eigenvalue weighted by atomic mass is 19.4. The van der Waals surface area contributed by atoms with Gasteiger partial charge in [-0.15, -0.1) is 0 Å². The summed E-state index contributed by atoms with van der Waals surface area (Å²) in [6.07, 6.45) is -4.37. The largest absolute Gasteiger partial charge is 0.466 e. The van der Waals surface area contributed by atoms with Gasteiger partial charge in [0, 0.05) is 12.2 Å². The number of benzene rings is 1. The number of nitrogens with one attached hydrogen (secondary N) is 1. The Bertz CT molecular complexity index is 432. The molecule has 0 aromatic heterocycles. The maximum Gasteiger partial charge on any atom is 0.416 e. The van der Waals surface area contributed by atoms with Gasteiger partial charge in [-0.05, 0) is 25.1 Å². The molecule has 0 bridgehead atoms. The molecule has 0 amide bonds. The van der Waals surface area contributed by atoms with Crippen LogP contribution in [0.1, 0.15) is 19.4 Å². The second kappa shape index (κ2) is 6.45. The third-order valence-electron chi connectivity index (χ3n) is 2.49. The van der Waals surface area contributed by atoms with Crippen molar-refractivity contribution in [1.82, 2.24) is 0 Å². The van der Waals surface area contributed by atoms with E-state index < -0.39 is 17.7 Å². The smallest absolute Gasteiger partial charge is 0.416 e. The van der Waals surface area contributed by atoms with E-state index in [1.54, 1.807) is 13.8 Å². The summed E-state index contributed by atoms with van der Waals surface area (Å²) in [7, 11) is 0.